The van der Waals surface area contributed by atoms with Gasteiger partial charge in [-0.05, 0) is 44.2 Å². The Morgan fingerprint density at radius 1 is 1.16 bits per heavy atom. The molecule has 4 heteroatoms. The first kappa shape index (κ1) is 12.8. The van der Waals surface area contributed by atoms with Crippen LogP contribution in [0.25, 0.3) is 0 Å². The second kappa shape index (κ2) is 5.80. The molecule has 0 amide bonds. The number of para-hydroxylation sites is 1. The van der Waals surface area contributed by atoms with Crippen LogP contribution in [-0.2, 0) is 6.54 Å². The summed E-state index contributed by atoms with van der Waals surface area (Å²) >= 11 is 0. The van der Waals surface area contributed by atoms with Crippen LogP contribution in [0.3, 0.4) is 0 Å². The van der Waals surface area contributed by atoms with Gasteiger partial charge in [-0.1, -0.05) is 12.1 Å². The first-order valence-corrected chi connectivity index (χ1v) is 7.09. The second-order valence-electron chi connectivity index (χ2n) is 5.46. The molecule has 4 nitrogen and oxygen atoms in total. The molecular formula is C15H21NO3. The standard InChI is InChI=1S/C15H21NO3/c17-13-6-4-11(5-7-13)8-16-9-12-2-1-3-14-15(12)19-10-18-14/h1-3,11,13,16-17H,4-10H2. The van der Waals surface area contributed by atoms with Crippen LogP contribution in [-0.4, -0.2) is 24.5 Å². The molecule has 0 atom stereocenters. The molecule has 2 N–H and O–H groups in total. The van der Waals surface area contributed by atoms with E-state index in [-0.39, 0.29) is 6.10 Å². The summed E-state index contributed by atoms with van der Waals surface area (Å²) in [6.45, 7) is 2.15. The molecule has 1 aliphatic carbocycles. The van der Waals surface area contributed by atoms with E-state index < -0.39 is 0 Å². The van der Waals surface area contributed by atoms with E-state index in [0.717, 1.165) is 55.8 Å². The van der Waals surface area contributed by atoms with Gasteiger partial charge >= 0.3 is 0 Å². The molecule has 1 aromatic carbocycles. The van der Waals surface area contributed by atoms with Crippen LogP contribution in [0.5, 0.6) is 11.5 Å². The highest BCUT2D eigenvalue weighted by molar-refractivity contribution is 5.48. The number of ether oxygens (including phenoxy) is 2. The molecule has 104 valence electrons. The number of aliphatic hydroxyl groups is 1. The molecule has 2 aliphatic rings. The third-order valence-electron chi connectivity index (χ3n) is 4.04. The van der Waals surface area contributed by atoms with Gasteiger partial charge in [-0.2, -0.15) is 0 Å². The van der Waals surface area contributed by atoms with E-state index in [2.05, 4.69) is 11.4 Å². The molecule has 0 bridgehead atoms. The Labute approximate surface area is 113 Å². The summed E-state index contributed by atoms with van der Waals surface area (Å²) < 4.78 is 10.9. The zero-order valence-corrected chi connectivity index (χ0v) is 11.1. The molecular weight excluding hydrogens is 242 g/mol. The third kappa shape index (κ3) is 3.01. The maximum atomic E-state index is 9.49. The van der Waals surface area contributed by atoms with Crippen molar-refractivity contribution in [1.82, 2.24) is 5.32 Å². The summed E-state index contributed by atoms with van der Waals surface area (Å²) in [5, 5.41) is 13.0. The predicted molar refractivity (Wildman–Crippen MR) is 72.2 cm³/mol. The molecule has 0 unspecified atom stereocenters. The highest BCUT2D eigenvalue weighted by atomic mass is 16.7. The zero-order chi connectivity index (χ0) is 13.1. The van der Waals surface area contributed by atoms with E-state index >= 15 is 0 Å². The number of hydrogen-bond acceptors (Lipinski definition) is 4. The maximum absolute atomic E-state index is 9.49. The Hall–Kier alpha value is -1.26. The quantitative estimate of drug-likeness (QED) is 0.873. The lowest BCUT2D eigenvalue weighted by molar-refractivity contribution is 0.108. The van der Waals surface area contributed by atoms with E-state index in [9.17, 15) is 5.11 Å². The smallest absolute Gasteiger partial charge is 0.231 e. The van der Waals surface area contributed by atoms with Crippen molar-refractivity contribution < 1.29 is 14.6 Å². The van der Waals surface area contributed by atoms with Gasteiger partial charge < -0.3 is 19.9 Å². The monoisotopic (exact) mass is 263 g/mol. The fourth-order valence-corrected chi connectivity index (χ4v) is 2.89. The number of hydrogen-bond donors (Lipinski definition) is 2. The van der Waals surface area contributed by atoms with Gasteiger partial charge in [0.1, 0.15) is 0 Å². The first-order valence-electron chi connectivity index (χ1n) is 7.09. The summed E-state index contributed by atoms with van der Waals surface area (Å²) in [5.41, 5.74) is 1.16. The van der Waals surface area contributed by atoms with Gasteiger partial charge in [0.2, 0.25) is 6.79 Å². The fourth-order valence-electron chi connectivity index (χ4n) is 2.89. The normalized spacial score (nSPS) is 25.5. The largest absolute Gasteiger partial charge is 0.454 e. The van der Waals surface area contributed by atoms with Crippen LogP contribution in [0.15, 0.2) is 18.2 Å². The molecule has 1 fully saturated rings. The Morgan fingerprint density at radius 2 is 2.00 bits per heavy atom. The van der Waals surface area contributed by atoms with Crippen LogP contribution in [0.1, 0.15) is 31.2 Å². The number of aliphatic hydroxyl groups excluding tert-OH is 1. The summed E-state index contributed by atoms with van der Waals surface area (Å²) in [7, 11) is 0. The Balaban J connectivity index is 1.49. The van der Waals surface area contributed by atoms with Crippen molar-refractivity contribution >= 4 is 0 Å². The molecule has 1 saturated carbocycles. The van der Waals surface area contributed by atoms with Crippen LogP contribution in [0.4, 0.5) is 0 Å². The average Bonchev–Trinajstić information content (AvgIpc) is 2.90. The SMILES string of the molecule is OC1CCC(CNCc2cccc3c2OCO3)CC1. The van der Waals surface area contributed by atoms with E-state index in [0.29, 0.717) is 12.7 Å². The Morgan fingerprint density at radius 3 is 2.84 bits per heavy atom. The van der Waals surface area contributed by atoms with E-state index in [1.807, 2.05) is 12.1 Å². The van der Waals surface area contributed by atoms with Gasteiger partial charge in [-0.25, -0.2) is 0 Å². The Bertz CT molecular complexity index is 427. The van der Waals surface area contributed by atoms with Crippen molar-refractivity contribution in [3.8, 4) is 11.5 Å². The molecule has 0 saturated heterocycles. The minimum atomic E-state index is -0.0702. The van der Waals surface area contributed by atoms with Crippen molar-refractivity contribution in [2.24, 2.45) is 5.92 Å². The van der Waals surface area contributed by atoms with Crippen LogP contribution in [0, 0.1) is 5.92 Å². The van der Waals surface area contributed by atoms with E-state index in [1.54, 1.807) is 0 Å². The van der Waals surface area contributed by atoms with Crippen LogP contribution >= 0.6 is 0 Å². The molecule has 1 aliphatic heterocycles. The van der Waals surface area contributed by atoms with E-state index in [4.69, 9.17) is 9.47 Å². The molecule has 1 heterocycles. The van der Waals surface area contributed by atoms with Crippen LogP contribution in [0.2, 0.25) is 0 Å². The molecule has 0 spiro atoms. The minimum Gasteiger partial charge on any atom is -0.454 e. The van der Waals surface area contributed by atoms with Crippen molar-refractivity contribution in [3.05, 3.63) is 23.8 Å². The third-order valence-corrected chi connectivity index (χ3v) is 4.04. The molecule has 3 rings (SSSR count). The summed E-state index contributed by atoms with van der Waals surface area (Å²) in [6, 6.07) is 6.01. The van der Waals surface area contributed by atoms with Gasteiger partial charge in [-0.15, -0.1) is 0 Å². The topological polar surface area (TPSA) is 50.7 Å². The number of fused-ring (bicyclic) bond motifs is 1. The van der Waals surface area contributed by atoms with Gasteiger partial charge in [0.25, 0.3) is 0 Å². The van der Waals surface area contributed by atoms with Crippen molar-refractivity contribution in [2.75, 3.05) is 13.3 Å². The number of rotatable bonds is 4. The summed E-state index contributed by atoms with van der Waals surface area (Å²) in [4.78, 5) is 0. The highest BCUT2D eigenvalue weighted by Crippen LogP contribution is 2.35. The van der Waals surface area contributed by atoms with Gasteiger partial charge in [0.05, 0.1) is 6.10 Å². The van der Waals surface area contributed by atoms with Crippen molar-refractivity contribution in [2.45, 2.75) is 38.3 Å². The summed E-state index contributed by atoms with van der Waals surface area (Å²) in [6.07, 6.45) is 4.08. The highest BCUT2D eigenvalue weighted by Gasteiger charge is 2.20. The lowest BCUT2D eigenvalue weighted by Gasteiger charge is -2.25. The lowest BCUT2D eigenvalue weighted by Crippen LogP contribution is -2.27. The maximum Gasteiger partial charge on any atom is 0.231 e. The number of nitrogens with one attached hydrogen (secondary N) is 1. The second-order valence-corrected chi connectivity index (χ2v) is 5.46. The summed E-state index contributed by atoms with van der Waals surface area (Å²) in [5.74, 6) is 2.42. The molecule has 19 heavy (non-hydrogen) atoms. The lowest BCUT2D eigenvalue weighted by atomic mass is 9.87. The van der Waals surface area contributed by atoms with Gasteiger partial charge in [0, 0.05) is 12.1 Å². The first-order chi connectivity index (χ1) is 9.33. The molecule has 0 aromatic heterocycles. The van der Waals surface area contributed by atoms with Gasteiger partial charge in [0.15, 0.2) is 11.5 Å². The predicted octanol–water partition coefficient (Wildman–Crippen LogP) is 2.06. The average molecular weight is 263 g/mol. The van der Waals surface area contributed by atoms with E-state index in [1.165, 1.54) is 0 Å². The van der Waals surface area contributed by atoms with Crippen molar-refractivity contribution in [1.29, 1.82) is 0 Å². The van der Waals surface area contributed by atoms with Gasteiger partial charge in [-0.3, -0.25) is 0 Å². The fraction of sp³-hybridized carbons (Fsp3) is 0.600. The number of benzene rings is 1. The zero-order valence-electron chi connectivity index (χ0n) is 11.1. The minimum absolute atomic E-state index is 0.0702. The van der Waals surface area contributed by atoms with Crippen LogP contribution < -0.4 is 14.8 Å². The molecule has 0 radical (unpaired) electrons. The Kier molecular flexibility index (Phi) is 3.89. The van der Waals surface area contributed by atoms with Crippen molar-refractivity contribution in [3.63, 3.8) is 0 Å². The molecule has 1 aromatic rings.